The lowest BCUT2D eigenvalue weighted by molar-refractivity contribution is 0.0449. The minimum atomic E-state index is -0.597. The summed E-state index contributed by atoms with van der Waals surface area (Å²) in [6.07, 6.45) is 1.88. The molecule has 3 nitrogen and oxygen atoms in total. The molecular weight excluding hydrogens is 292 g/mol. The fraction of sp³-hybridized carbons (Fsp3) is 0.571. The van der Waals surface area contributed by atoms with E-state index in [1.54, 1.807) is 0 Å². The van der Waals surface area contributed by atoms with Gasteiger partial charge in [-0.05, 0) is 50.5 Å². The van der Waals surface area contributed by atoms with Gasteiger partial charge in [-0.25, -0.2) is 0 Å². The maximum Gasteiger partial charge on any atom is 0.0794 e. The van der Waals surface area contributed by atoms with Crippen LogP contribution in [0.3, 0.4) is 0 Å². The molecule has 0 spiro atoms. The summed E-state index contributed by atoms with van der Waals surface area (Å²) in [5.74, 6) is 0. The topological polar surface area (TPSA) is 49.5 Å². The van der Waals surface area contributed by atoms with Crippen LogP contribution in [0.15, 0.2) is 22.7 Å². The molecule has 1 saturated heterocycles. The van der Waals surface area contributed by atoms with Gasteiger partial charge >= 0.3 is 0 Å². The van der Waals surface area contributed by atoms with Gasteiger partial charge in [-0.3, -0.25) is 0 Å². The molecule has 0 amide bonds. The number of benzene rings is 1. The summed E-state index contributed by atoms with van der Waals surface area (Å²) in [6, 6.07) is 6.18. The Balaban J connectivity index is 2.32. The van der Waals surface area contributed by atoms with Crippen molar-refractivity contribution >= 4 is 21.6 Å². The second-order valence-electron chi connectivity index (χ2n) is 5.51. The van der Waals surface area contributed by atoms with E-state index in [2.05, 4.69) is 33.0 Å². The second kappa shape index (κ2) is 5.19. The van der Waals surface area contributed by atoms with Crippen LogP contribution in [0.25, 0.3) is 0 Å². The first-order valence-electron chi connectivity index (χ1n) is 6.41. The predicted octanol–water partition coefficient (Wildman–Crippen LogP) is 2.82. The zero-order chi connectivity index (χ0) is 13.3. The molecule has 0 aromatic heterocycles. The lowest BCUT2D eigenvalue weighted by Gasteiger charge is -2.39. The van der Waals surface area contributed by atoms with Crippen LogP contribution in [-0.2, 0) is 0 Å². The van der Waals surface area contributed by atoms with E-state index in [1.165, 1.54) is 0 Å². The zero-order valence-electron chi connectivity index (χ0n) is 11.0. The molecule has 1 heterocycles. The summed E-state index contributed by atoms with van der Waals surface area (Å²) in [5, 5.41) is 10.2. The molecule has 0 bridgehead atoms. The Kier molecular flexibility index (Phi) is 3.99. The van der Waals surface area contributed by atoms with E-state index in [1.807, 2.05) is 19.9 Å². The molecule has 2 atom stereocenters. The van der Waals surface area contributed by atoms with E-state index < -0.39 is 5.60 Å². The van der Waals surface area contributed by atoms with Crippen LogP contribution in [0.1, 0.15) is 38.3 Å². The number of β-amino-alcohol motifs (C(OH)–C–C–N with tert-alkyl or cyclic N) is 1. The van der Waals surface area contributed by atoms with Crippen LogP contribution in [0.2, 0.25) is 0 Å². The molecule has 0 saturated carbocycles. The first-order chi connectivity index (χ1) is 8.39. The van der Waals surface area contributed by atoms with E-state index >= 15 is 0 Å². The number of rotatable bonds is 2. The van der Waals surface area contributed by atoms with Gasteiger partial charge in [0.15, 0.2) is 0 Å². The second-order valence-corrected chi connectivity index (χ2v) is 6.43. The lowest BCUT2D eigenvalue weighted by Crippen LogP contribution is -2.46. The third-order valence-corrected chi connectivity index (χ3v) is 3.99. The fourth-order valence-corrected chi connectivity index (χ4v) is 2.98. The number of anilines is 1. The normalized spacial score (nSPS) is 26.2. The Bertz CT molecular complexity index is 432. The van der Waals surface area contributed by atoms with E-state index in [-0.39, 0.29) is 6.04 Å². The predicted molar refractivity (Wildman–Crippen MR) is 78.8 cm³/mol. The Hall–Kier alpha value is -0.580. The molecule has 100 valence electrons. The van der Waals surface area contributed by atoms with E-state index in [0.717, 1.165) is 35.1 Å². The number of halogens is 1. The average molecular weight is 313 g/mol. The Labute approximate surface area is 117 Å². The van der Waals surface area contributed by atoms with Crippen molar-refractivity contribution in [3.63, 3.8) is 0 Å². The summed E-state index contributed by atoms with van der Waals surface area (Å²) in [4.78, 5) is 2.24. The molecule has 18 heavy (non-hydrogen) atoms. The molecule has 4 heteroatoms. The van der Waals surface area contributed by atoms with Gasteiger partial charge in [-0.15, -0.1) is 0 Å². The standard InChI is InChI=1S/C14H21BrN2O/c1-10(16)12-8-11(15)4-5-13(12)17-7-3-6-14(2,18)9-17/h4-5,8,10,18H,3,6-7,9,16H2,1-2H3. The van der Waals surface area contributed by atoms with Crippen LogP contribution in [0, 0.1) is 0 Å². The molecule has 0 radical (unpaired) electrons. The molecule has 1 fully saturated rings. The Morgan fingerprint density at radius 1 is 1.50 bits per heavy atom. The molecule has 2 rings (SSSR count). The van der Waals surface area contributed by atoms with Crippen molar-refractivity contribution in [1.29, 1.82) is 0 Å². The number of hydrogen-bond donors (Lipinski definition) is 2. The molecule has 1 aliphatic rings. The van der Waals surface area contributed by atoms with Crippen molar-refractivity contribution in [2.24, 2.45) is 5.73 Å². The molecule has 1 aliphatic heterocycles. The minimum absolute atomic E-state index is 0.00984. The summed E-state index contributed by atoms with van der Waals surface area (Å²) in [7, 11) is 0. The maximum atomic E-state index is 10.2. The number of piperidine rings is 1. The van der Waals surface area contributed by atoms with Crippen molar-refractivity contribution in [2.45, 2.75) is 38.3 Å². The van der Waals surface area contributed by atoms with Gasteiger partial charge in [0.2, 0.25) is 0 Å². The first kappa shape index (κ1) is 13.8. The van der Waals surface area contributed by atoms with Crippen molar-refractivity contribution < 1.29 is 5.11 Å². The highest BCUT2D eigenvalue weighted by Gasteiger charge is 2.29. The van der Waals surface area contributed by atoms with E-state index in [0.29, 0.717) is 6.54 Å². The van der Waals surface area contributed by atoms with Crippen LogP contribution < -0.4 is 10.6 Å². The lowest BCUT2D eigenvalue weighted by atomic mass is 9.93. The SMILES string of the molecule is CC(N)c1cc(Br)ccc1N1CCCC(C)(O)C1. The first-order valence-corrected chi connectivity index (χ1v) is 7.21. The highest BCUT2D eigenvalue weighted by molar-refractivity contribution is 9.10. The number of aliphatic hydroxyl groups is 1. The monoisotopic (exact) mass is 312 g/mol. The quantitative estimate of drug-likeness (QED) is 0.883. The third-order valence-electron chi connectivity index (χ3n) is 3.50. The van der Waals surface area contributed by atoms with Crippen LogP contribution >= 0.6 is 15.9 Å². The van der Waals surface area contributed by atoms with Crippen molar-refractivity contribution in [3.8, 4) is 0 Å². The number of nitrogens with two attached hydrogens (primary N) is 1. The highest BCUT2D eigenvalue weighted by atomic mass is 79.9. The van der Waals surface area contributed by atoms with Gasteiger partial charge in [-0.1, -0.05) is 15.9 Å². The van der Waals surface area contributed by atoms with Crippen molar-refractivity contribution in [3.05, 3.63) is 28.2 Å². The van der Waals surface area contributed by atoms with Gasteiger partial charge in [0.1, 0.15) is 0 Å². The Morgan fingerprint density at radius 2 is 2.22 bits per heavy atom. The largest absolute Gasteiger partial charge is 0.388 e. The zero-order valence-corrected chi connectivity index (χ0v) is 12.6. The highest BCUT2D eigenvalue weighted by Crippen LogP contribution is 2.32. The molecule has 0 aliphatic carbocycles. The van der Waals surface area contributed by atoms with Crippen LogP contribution in [0.4, 0.5) is 5.69 Å². The average Bonchev–Trinajstić information content (AvgIpc) is 2.27. The molecule has 2 unspecified atom stereocenters. The maximum absolute atomic E-state index is 10.2. The fourth-order valence-electron chi connectivity index (χ4n) is 2.60. The van der Waals surface area contributed by atoms with Crippen molar-refractivity contribution in [2.75, 3.05) is 18.0 Å². The van der Waals surface area contributed by atoms with Crippen LogP contribution in [-0.4, -0.2) is 23.8 Å². The van der Waals surface area contributed by atoms with Crippen molar-refractivity contribution in [1.82, 2.24) is 0 Å². The third kappa shape index (κ3) is 3.05. The van der Waals surface area contributed by atoms with Gasteiger partial charge in [0, 0.05) is 29.3 Å². The van der Waals surface area contributed by atoms with Gasteiger partial charge in [0.25, 0.3) is 0 Å². The van der Waals surface area contributed by atoms with Crippen LogP contribution in [0.5, 0.6) is 0 Å². The molecule has 3 N–H and O–H groups in total. The van der Waals surface area contributed by atoms with Gasteiger partial charge < -0.3 is 15.7 Å². The van der Waals surface area contributed by atoms with E-state index in [9.17, 15) is 5.11 Å². The molecule has 1 aromatic carbocycles. The summed E-state index contributed by atoms with van der Waals surface area (Å²) < 4.78 is 1.04. The molecule has 1 aromatic rings. The summed E-state index contributed by atoms with van der Waals surface area (Å²) in [6.45, 7) is 5.56. The van der Waals surface area contributed by atoms with E-state index in [4.69, 9.17) is 5.73 Å². The number of hydrogen-bond acceptors (Lipinski definition) is 3. The Morgan fingerprint density at radius 3 is 2.83 bits per heavy atom. The summed E-state index contributed by atoms with van der Waals surface area (Å²) in [5.41, 5.74) is 7.72. The minimum Gasteiger partial charge on any atom is -0.388 e. The molecular formula is C14H21BrN2O. The summed E-state index contributed by atoms with van der Waals surface area (Å²) >= 11 is 3.49. The smallest absolute Gasteiger partial charge is 0.0794 e. The van der Waals surface area contributed by atoms with Gasteiger partial charge in [-0.2, -0.15) is 0 Å². The van der Waals surface area contributed by atoms with Gasteiger partial charge in [0.05, 0.1) is 5.60 Å². The number of nitrogens with zero attached hydrogens (tertiary/aromatic N) is 1.